The van der Waals surface area contributed by atoms with Gasteiger partial charge in [-0.1, -0.05) is 0 Å². The topological polar surface area (TPSA) is 13.0 Å². The van der Waals surface area contributed by atoms with Crippen LogP contribution in [0.2, 0.25) is 59.7 Å². The molecule has 4 heterocycles. The van der Waals surface area contributed by atoms with Gasteiger partial charge in [-0.25, -0.2) is 0 Å². The molecular weight excluding hydrogens is 935 g/mol. The molecular formula is C50H108Ga4N4. The maximum atomic E-state index is 2.70. The van der Waals surface area contributed by atoms with Gasteiger partial charge in [0.25, 0.3) is 0 Å². The molecule has 0 amide bonds. The third-order valence-electron chi connectivity index (χ3n) is 14.8. The zero-order valence-electron chi connectivity index (χ0n) is 42.1. The van der Waals surface area contributed by atoms with Crippen molar-refractivity contribution in [1.29, 1.82) is 0 Å². The molecule has 58 heavy (non-hydrogen) atoms. The Hall–Kier alpha value is 2.39. The molecule has 0 bridgehead atoms. The van der Waals surface area contributed by atoms with Crippen molar-refractivity contribution in [3.8, 4) is 0 Å². The van der Waals surface area contributed by atoms with Crippen LogP contribution < -0.4 is 0 Å². The second-order valence-electron chi connectivity index (χ2n) is 20.7. The van der Waals surface area contributed by atoms with Crippen LogP contribution in [-0.2, 0) is 0 Å². The van der Waals surface area contributed by atoms with Crippen molar-refractivity contribution in [2.45, 2.75) is 237 Å². The second kappa shape index (κ2) is 40.9. The van der Waals surface area contributed by atoms with Crippen molar-refractivity contribution < 1.29 is 0 Å². The quantitative estimate of drug-likeness (QED) is 0.225. The molecule has 4 aliphatic heterocycles. The van der Waals surface area contributed by atoms with Gasteiger partial charge in [-0.15, -0.1) is 0 Å². The minimum absolute atomic E-state index is 0.689. The summed E-state index contributed by atoms with van der Waals surface area (Å²) in [6.07, 6.45) is 26.7. The molecule has 4 rings (SSSR count). The number of nitrogens with zero attached hydrogens (tertiary/aromatic N) is 4. The molecule has 0 unspecified atom stereocenters. The van der Waals surface area contributed by atoms with E-state index >= 15 is 0 Å². The van der Waals surface area contributed by atoms with E-state index in [2.05, 4.69) is 87.5 Å². The van der Waals surface area contributed by atoms with Crippen molar-refractivity contribution >= 4 is 64.9 Å². The number of hydrogen-bond donors (Lipinski definition) is 0. The zero-order valence-corrected chi connectivity index (χ0v) is 51.8. The Morgan fingerprint density at radius 2 is 0.862 bits per heavy atom. The van der Waals surface area contributed by atoms with Crippen LogP contribution in [0, 0.1) is 0 Å². The van der Waals surface area contributed by atoms with Crippen LogP contribution in [-0.4, -0.2) is 163 Å². The summed E-state index contributed by atoms with van der Waals surface area (Å²) >= 11 is -3.07. The first-order valence-electron chi connectivity index (χ1n) is 27.0. The predicted molar refractivity (Wildman–Crippen MR) is 275 cm³/mol. The Labute approximate surface area is 390 Å². The van der Waals surface area contributed by atoms with Gasteiger partial charge in [0, 0.05) is 0 Å². The molecule has 0 aromatic heterocycles. The van der Waals surface area contributed by atoms with Crippen LogP contribution >= 0.6 is 0 Å². The van der Waals surface area contributed by atoms with Crippen molar-refractivity contribution in [3.05, 3.63) is 0 Å². The summed E-state index contributed by atoms with van der Waals surface area (Å²) in [6.45, 7) is 32.6. The first kappa shape index (κ1) is 58.4. The predicted octanol–water partition coefficient (Wildman–Crippen LogP) is 14.4. The summed E-state index contributed by atoms with van der Waals surface area (Å²) in [4.78, 5) is 27.0. The van der Waals surface area contributed by atoms with E-state index in [4.69, 9.17) is 0 Å². The molecule has 4 saturated heterocycles. The third kappa shape index (κ3) is 33.0. The average Bonchev–Trinajstić information content (AvgIpc) is 3.22. The van der Waals surface area contributed by atoms with Gasteiger partial charge in [0.2, 0.25) is 0 Å². The molecule has 340 valence electrons. The van der Waals surface area contributed by atoms with Crippen molar-refractivity contribution in [2.75, 3.05) is 72.5 Å². The summed E-state index contributed by atoms with van der Waals surface area (Å²) < 4.78 is 1.08. The molecule has 0 aliphatic carbocycles. The molecule has 4 nitrogen and oxygen atoms in total. The molecule has 0 aromatic carbocycles. The van der Waals surface area contributed by atoms with Crippen LogP contribution in [0.5, 0.6) is 0 Å². The number of hydrogen-bond acceptors (Lipinski definition) is 4. The van der Waals surface area contributed by atoms with Crippen molar-refractivity contribution in [3.63, 3.8) is 0 Å². The summed E-state index contributed by atoms with van der Waals surface area (Å²) in [5.41, 5.74) is 2.60. The van der Waals surface area contributed by atoms with Crippen LogP contribution in [0.15, 0.2) is 0 Å². The van der Waals surface area contributed by atoms with E-state index in [0.717, 1.165) is 10.5 Å². The Bertz CT molecular complexity index is 749. The van der Waals surface area contributed by atoms with Crippen LogP contribution in [0.3, 0.4) is 0 Å². The maximum absolute atomic E-state index is 2.70. The van der Waals surface area contributed by atoms with Gasteiger partial charge < -0.3 is 0 Å². The molecule has 0 spiro atoms. The van der Waals surface area contributed by atoms with Gasteiger partial charge in [-0.05, 0) is 0 Å². The van der Waals surface area contributed by atoms with E-state index in [1.807, 2.05) is 0 Å². The van der Waals surface area contributed by atoms with E-state index in [1.165, 1.54) is 168 Å². The van der Waals surface area contributed by atoms with Gasteiger partial charge in [0.15, 0.2) is 0 Å². The minimum atomic E-state index is -0.868. The number of rotatable bonds is 8. The molecule has 0 radical (unpaired) electrons. The average molecular weight is 1040 g/mol. The van der Waals surface area contributed by atoms with E-state index in [0.29, 0.717) is 0 Å². The van der Waals surface area contributed by atoms with E-state index in [1.54, 1.807) is 62.6 Å². The molecule has 4 fully saturated rings. The monoisotopic (exact) mass is 1040 g/mol. The van der Waals surface area contributed by atoms with Crippen molar-refractivity contribution in [1.82, 2.24) is 19.6 Å². The standard InChI is InChI=1S/2C11H23N.C10H21N.C9H19N.2C3H7.C2H5.CH3.4Ga/c1-5-7-9-12(11(3)4)10-8-6-2;1-4-7-10-12(9-6-3)11-8-5-2;1-4-7-9-11(6-3)10-8-5-2;1-4-6-8-10(3)9-7-5-2;2*1-3-2;1-2;;;;;/h11H,1-2,5-10H2,3-4H3;1-2,4-11H2,3H3;1-2,4-10H2,3H3;1-2,4-9H2,3H3;3H,1-2H3;1,3H2,2H3;1H2,2H3;1H3;;;;. The third-order valence-corrected chi connectivity index (χ3v) is 45.1. The fourth-order valence-electron chi connectivity index (χ4n) is 10.4. The fourth-order valence-corrected chi connectivity index (χ4v) is 35.1. The summed E-state index contributed by atoms with van der Waals surface area (Å²) in [5, 5.41) is 0. The van der Waals surface area contributed by atoms with E-state index < -0.39 is 64.9 Å². The van der Waals surface area contributed by atoms with Gasteiger partial charge >= 0.3 is 394 Å². The first-order valence-corrected chi connectivity index (χ1v) is 48.0. The molecule has 0 saturated carbocycles. The summed E-state index contributed by atoms with van der Waals surface area (Å²) in [7, 11) is 2.27. The Morgan fingerprint density at radius 3 is 1.28 bits per heavy atom. The van der Waals surface area contributed by atoms with Crippen LogP contribution in [0.1, 0.15) is 171 Å². The van der Waals surface area contributed by atoms with Gasteiger partial charge in [0.05, 0.1) is 0 Å². The molecule has 0 aromatic rings. The van der Waals surface area contributed by atoms with Gasteiger partial charge in [0.1, 0.15) is 0 Å². The Balaban J connectivity index is 0.000000389. The van der Waals surface area contributed by atoms with Gasteiger partial charge in [-0.2, -0.15) is 0 Å². The zero-order chi connectivity index (χ0) is 42.6. The van der Waals surface area contributed by atoms with Crippen molar-refractivity contribution in [2.24, 2.45) is 0 Å². The molecule has 0 N–H and O–H groups in total. The fraction of sp³-hybridized carbons (Fsp3) is 1.00. The Kier molecular flexibility index (Phi) is 41.1. The van der Waals surface area contributed by atoms with Crippen LogP contribution in [0.4, 0.5) is 0 Å². The van der Waals surface area contributed by atoms with E-state index in [-0.39, 0.29) is 0 Å². The SMILES string of the molecule is CC(C)N1CCC[CH2][Ga]([CH](C)C)[CH2]CCC1.CCCN1CCC[CH2][Ga]([CH2]CC)[CH2]CCC1.CCN1CCC[CH2][Ga]([CH2]C)[CH2]CCC1.CN1CCC[CH2][Ga]([CH3])[CH2]CCC1. The van der Waals surface area contributed by atoms with E-state index in [9.17, 15) is 0 Å². The summed E-state index contributed by atoms with van der Waals surface area (Å²) in [6, 6.07) is 0.752. The summed E-state index contributed by atoms with van der Waals surface area (Å²) in [5.74, 6) is 0. The Morgan fingerprint density at radius 1 is 0.448 bits per heavy atom. The molecule has 4 aliphatic rings. The molecule has 8 heteroatoms. The molecule has 0 atom stereocenters. The van der Waals surface area contributed by atoms with Gasteiger partial charge in [-0.3, -0.25) is 0 Å². The second-order valence-corrected chi connectivity index (χ2v) is 51.2. The normalized spacial score (nSPS) is 22.1. The van der Waals surface area contributed by atoms with Crippen LogP contribution in [0.25, 0.3) is 0 Å². The first-order chi connectivity index (χ1) is 28.1.